The molecule has 0 saturated heterocycles. The lowest BCUT2D eigenvalue weighted by Gasteiger charge is -2.29. The van der Waals surface area contributed by atoms with E-state index in [1.165, 1.54) is 0 Å². The maximum atomic E-state index is 13.8. The van der Waals surface area contributed by atoms with Crippen molar-refractivity contribution in [2.75, 3.05) is 0 Å². The molecule has 4 nitrogen and oxygen atoms in total. The molecule has 4 heteroatoms. The highest BCUT2D eigenvalue weighted by atomic mass is 16.2. The van der Waals surface area contributed by atoms with Gasteiger partial charge in [-0.25, -0.2) is 0 Å². The molecule has 0 aromatic heterocycles. The number of benzene rings is 2. The van der Waals surface area contributed by atoms with Crippen molar-refractivity contribution in [3.63, 3.8) is 0 Å². The average molecular weight is 839 g/mol. The Labute approximate surface area is 385 Å². The Balaban J connectivity index is 2.53. The summed E-state index contributed by atoms with van der Waals surface area (Å²) in [6.07, 6.45) is 0. The molecule has 2 amide bonds. The predicted octanol–water partition coefficient (Wildman–Crippen LogP) is 11.0. The van der Waals surface area contributed by atoms with E-state index in [-0.39, 0.29) is 5.57 Å². The average Bonchev–Trinajstić information content (AvgIpc) is 3.28. The quantitative estimate of drug-likeness (QED) is 0.120. The monoisotopic (exact) mass is 838 g/mol. The molecule has 0 saturated carbocycles. The maximum Gasteiger partial charge on any atom is 0.266 e. The summed E-state index contributed by atoms with van der Waals surface area (Å²) in [6, 6.07) is 15.3. The molecule has 0 radical (unpaired) electrons. The van der Waals surface area contributed by atoms with E-state index in [1.54, 1.807) is 0 Å². The molecule has 0 spiro atoms. The van der Waals surface area contributed by atoms with E-state index < -0.39 is 22.9 Å². The third-order valence-corrected chi connectivity index (χ3v) is 7.67. The van der Waals surface area contributed by atoms with Gasteiger partial charge in [0, 0.05) is 91.7 Å². The fourth-order valence-electron chi connectivity index (χ4n) is 4.48. The highest BCUT2D eigenvalue weighted by Crippen LogP contribution is 2.26. The van der Waals surface area contributed by atoms with Gasteiger partial charge in [-0.05, 0) is 180 Å². The molecule has 2 rings (SSSR count). The van der Waals surface area contributed by atoms with Gasteiger partial charge in [-0.1, -0.05) is 66.4 Å². The molecule has 66 heavy (non-hydrogen) atoms. The Kier molecular flexibility index (Phi) is 22.8. The van der Waals surface area contributed by atoms with Crippen molar-refractivity contribution in [2.24, 2.45) is 0 Å². The number of allylic oxidation sites excluding steroid dienone is 2. The van der Waals surface area contributed by atoms with Crippen molar-refractivity contribution in [3.05, 3.63) is 291 Å². The van der Waals surface area contributed by atoms with Gasteiger partial charge >= 0.3 is 0 Å². The molecule has 0 aliphatic rings. The minimum Gasteiger partial charge on any atom is -0.342 e. The number of hydrogen-bond acceptors (Lipinski definition) is 2. The van der Waals surface area contributed by atoms with Crippen molar-refractivity contribution >= 4 is 23.0 Å². The molecule has 0 unspecified atom stereocenters. The zero-order valence-corrected chi connectivity index (χ0v) is 37.1. The molecule has 2 N–H and O–H groups in total. The Morgan fingerprint density at radius 3 is 0.894 bits per heavy atom. The molecule has 2 aromatic carbocycles. The number of carbonyl (C=O) groups excluding carboxylic acids is 2. The second-order valence-electron chi connectivity index (χ2n) is 13.6. The van der Waals surface area contributed by atoms with Crippen LogP contribution in [0.5, 0.6) is 0 Å². The molecular weight excluding hydrogens is 805 g/mol. The summed E-state index contributed by atoms with van der Waals surface area (Å²) in [7, 11) is 0. The summed E-state index contributed by atoms with van der Waals surface area (Å²) in [5.41, 5.74) is 88.5. The third kappa shape index (κ3) is 21.4. The van der Waals surface area contributed by atoms with Crippen LogP contribution in [-0.2, 0) is 20.7 Å². The fraction of sp³-hybridized carbons (Fsp3) is 0.129. The van der Waals surface area contributed by atoms with Crippen LogP contribution in [0.3, 0.4) is 0 Å². The first kappa shape index (κ1) is 51.3. The van der Waals surface area contributed by atoms with Gasteiger partial charge < -0.3 is 10.6 Å². The number of nitrogens with one attached hydrogen (secondary N) is 2. The topological polar surface area (TPSA) is 58.2 Å². The Hall–Kier alpha value is -10.9. The van der Waals surface area contributed by atoms with Crippen LogP contribution in [0.4, 0.5) is 0 Å². The zero-order valence-electron chi connectivity index (χ0n) is 37.1. The molecule has 0 heterocycles. The van der Waals surface area contributed by atoms with Gasteiger partial charge in [-0.2, -0.15) is 0 Å². The van der Waals surface area contributed by atoms with Crippen LogP contribution >= 0.6 is 0 Å². The van der Waals surface area contributed by atoms with Crippen molar-refractivity contribution in [2.45, 2.75) is 52.6 Å². The molecule has 304 valence electrons. The first-order chi connectivity index (χ1) is 31.8. The summed E-state index contributed by atoms with van der Waals surface area (Å²) in [5, 5.41) is 5.92. The molecule has 2 aromatic rings. The minimum absolute atomic E-state index is 0.322. The molecule has 0 atom stereocenters. The summed E-state index contributed by atoms with van der Waals surface area (Å²) < 4.78 is 0. The van der Waals surface area contributed by atoms with E-state index in [9.17, 15) is 9.59 Å². The fourth-order valence-corrected chi connectivity index (χ4v) is 4.48. The normalized spacial score (nSPS) is 7.61. The summed E-state index contributed by atoms with van der Waals surface area (Å²) >= 11 is 0. The Morgan fingerprint density at radius 1 is 0.409 bits per heavy atom. The zero-order chi connectivity index (χ0) is 48.3. The summed E-state index contributed by atoms with van der Waals surface area (Å²) in [6.45, 7) is 22.5. The highest BCUT2D eigenvalue weighted by Gasteiger charge is 2.31. The van der Waals surface area contributed by atoms with E-state index in [0.717, 1.165) is 33.4 Å². The van der Waals surface area contributed by atoms with Crippen LogP contribution in [0.1, 0.15) is 63.8 Å². The van der Waals surface area contributed by atoms with Crippen LogP contribution in [0.15, 0.2) is 269 Å². The highest BCUT2D eigenvalue weighted by molar-refractivity contribution is 6.18. The second-order valence-corrected chi connectivity index (χ2v) is 13.6. The lowest BCUT2D eigenvalue weighted by molar-refractivity contribution is -0.125. The molecule has 0 aliphatic heterocycles. The van der Waals surface area contributed by atoms with Gasteiger partial charge in [0.05, 0.1) is 11.1 Å². The Bertz CT molecular complexity index is 3730. The van der Waals surface area contributed by atoms with Crippen molar-refractivity contribution in [3.8, 4) is 0 Å². The second kappa shape index (κ2) is 29.4. The SMILES string of the molecule is C=C=C=C=C=C=C=C=C=C=C=C=C=C=C=C=C=C=C=C=C=C=C=C=C=C=C=C=C=C=C=C=C=C=C=C(C(=O)NC(C)(C)c1cccc(C(=C)C)c1)C(=O)NC(C)(C)c1cccc(C(=C)C)c1. The largest absolute Gasteiger partial charge is 0.342 e. The van der Waals surface area contributed by atoms with Crippen LogP contribution in [0.2, 0.25) is 0 Å². The van der Waals surface area contributed by atoms with E-state index in [2.05, 4.69) is 225 Å². The lowest BCUT2D eigenvalue weighted by Crippen LogP contribution is -2.47. The number of carbonyl (C=O) groups is 2. The van der Waals surface area contributed by atoms with Crippen LogP contribution in [-0.4, -0.2) is 11.8 Å². The van der Waals surface area contributed by atoms with Crippen LogP contribution in [0, 0.1) is 0 Å². The maximum absolute atomic E-state index is 13.8. The lowest BCUT2D eigenvalue weighted by atomic mass is 9.90. The van der Waals surface area contributed by atoms with Gasteiger partial charge in [0.15, 0.2) is 5.57 Å². The first-order valence-electron chi connectivity index (χ1n) is 19.1. The number of amides is 2. The first-order valence-corrected chi connectivity index (χ1v) is 19.1. The standard InChI is InChI=1S/C62H34N2O2/c1-10-11-12-13-14-15-16-17-18-19-20-21-22-23-24-25-26-27-28-29-30-31-32-33-34-35-36-37-38-39-40-41-42-49-58(59(65)63-61(6,7)56-47-43-45-54(50-56)52(2)3)60(66)64-62(8,9)57-48-44-46-55(51-57)53(4)5/h43-48,50-51H,1-2,4H2,3,5-9H3,(H,63,65)(H,64,66). The van der Waals surface area contributed by atoms with Crippen molar-refractivity contribution in [1.82, 2.24) is 10.6 Å². The van der Waals surface area contributed by atoms with E-state index in [4.69, 9.17) is 0 Å². The predicted molar refractivity (Wildman–Crippen MR) is 253 cm³/mol. The van der Waals surface area contributed by atoms with Gasteiger partial charge in [0.25, 0.3) is 11.8 Å². The van der Waals surface area contributed by atoms with Gasteiger partial charge in [0.2, 0.25) is 0 Å². The van der Waals surface area contributed by atoms with Crippen molar-refractivity contribution in [1.29, 1.82) is 0 Å². The molecule has 0 bridgehead atoms. The van der Waals surface area contributed by atoms with E-state index in [0.29, 0.717) is 0 Å². The Morgan fingerprint density at radius 2 is 0.652 bits per heavy atom. The molecule has 0 fully saturated rings. The summed E-state index contributed by atoms with van der Waals surface area (Å²) in [4.78, 5) is 27.5. The third-order valence-electron chi connectivity index (χ3n) is 7.67. The van der Waals surface area contributed by atoms with Gasteiger partial charge in [-0.15, -0.1) is 0 Å². The smallest absolute Gasteiger partial charge is 0.266 e. The van der Waals surface area contributed by atoms with Crippen LogP contribution < -0.4 is 10.6 Å². The van der Waals surface area contributed by atoms with Crippen LogP contribution in [0.25, 0.3) is 11.1 Å². The molecule has 0 aliphatic carbocycles. The van der Waals surface area contributed by atoms with Crippen molar-refractivity contribution < 1.29 is 9.59 Å². The minimum atomic E-state index is -0.873. The number of hydrogen-bond donors (Lipinski definition) is 2. The number of rotatable bonds is 8. The van der Waals surface area contributed by atoms with Gasteiger partial charge in [0.1, 0.15) is 0 Å². The molecular formula is C62H34N2O2. The van der Waals surface area contributed by atoms with E-state index in [1.807, 2.05) is 90.1 Å². The summed E-state index contributed by atoms with van der Waals surface area (Å²) in [5.74, 6) is -1.35. The van der Waals surface area contributed by atoms with E-state index >= 15 is 0 Å². The van der Waals surface area contributed by atoms with Gasteiger partial charge in [-0.3, -0.25) is 9.59 Å².